The molecule has 1 aromatic rings. The van der Waals surface area contributed by atoms with E-state index in [1.165, 1.54) is 41.5 Å². The minimum Gasteiger partial charge on any atom is -0.327 e. The molecule has 17 heavy (non-hydrogen) atoms. The summed E-state index contributed by atoms with van der Waals surface area (Å²) in [6.07, 6.45) is 6.97. The zero-order valence-electron chi connectivity index (χ0n) is 10.2. The van der Waals surface area contributed by atoms with Gasteiger partial charge < -0.3 is 5.73 Å². The van der Waals surface area contributed by atoms with Crippen molar-refractivity contribution in [2.24, 2.45) is 5.73 Å². The molecular formula is C13H20BrNS2. The molecule has 1 heterocycles. The predicted molar refractivity (Wildman–Crippen MR) is 82.9 cm³/mol. The summed E-state index contributed by atoms with van der Waals surface area (Å²) in [5.41, 5.74) is 6.17. The van der Waals surface area contributed by atoms with Crippen LogP contribution >= 0.6 is 39.0 Å². The van der Waals surface area contributed by atoms with Crippen LogP contribution in [0.2, 0.25) is 0 Å². The summed E-state index contributed by atoms with van der Waals surface area (Å²) < 4.78 is 1.19. The van der Waals surface area contributed by atoms with Gasteiger partial charge in [-0.3, -0.25) is 0 Å². The third-order valence-corrected chi connectivity index (χ3v) is 7.00. The molecule has 2 N–H and O–H groups in total. The summed E-state index contributed by atoms with van der Waals surface area (Å²) in [5, 5.41) is 3.45. The lowest BCUT2D eigenvalue weighted by molar-refractivity contribution is 0.513. The van der Waals surface area contributed by atoms with E-state index < -0.39 is 0 Å². The number of thiophene rings is 1. The van der Waals surface area contributed by atoms with Gasteiger partial charge in [0.25, 0.3) is 0 Å². The molecule has 0 amide bonds. The van der Waals surface area contributed by atoms with Gasteiger partial charge in [0.2, 0.25) is 0 Å². The van der Waals surface area contributed by atoms with Gasteiger partial charge in [0.05, 0.1) is 5.25 Å². The molecule has 1 fully saturated rings. The summed E-state index contributed by atoms with van der Waals surface area (Å²) in [5.74, 6) is 0. The number of halogens is 1. The SMILES string of the molecule is CC(N)C(SC1CCCCC1)c1cc(Br)cs1. The number of rotatable bonds is 4. The predicted octanol–water partition coefficient (Wildman–Crippen LogP) is 4.96. The summed E-state index contributed by atoms with van der Waals surface area (Å²) >= 11 is 7.47. The maximum Gasteiger partial charge on any atom is 0.0542 e. The zero-order valence-corrected chi connectivity index (χ0v) is 13.4. The van der Waals surface area contributed by atoms with Crippen LogP contribution in [0.5, 0.6) is 0 Å². The second-order valence-corrected chi connectivity index (χ2v) is 8.15. The molecule has 0 aromatic carbocycles. The molecule has 1 aliphatic carbocycles. The average Bonchev–Trinajstić information content (AvgIpc) is 2.73. The largest absolute Gasteiger partial charge is 0.327 e. The third-order valence-electron chi connectivity index (χ3n) is 3.24. The smallest absolute Gasteiger partial charge is 0.0542 e. The van der Waals surface area contributed by atoms with E-state index in [4.69, 9.17) is 5.73 Å². The van der Waals surface area contributed by atoms with Crippen molar-refractivity contribution in [1.29, 1.82) is 0 Å². The van der Waals surface area contributed by atoms with Gasteiger partial charge in [0.1, 0.15) is 0 Å². The van der Waals surface area contributed by atoms with Gasteiger partial charge in [-0.25, -0.2) is 0 Å². The average molecular weight is 334 g/mol. The lowest BCUT2D eigenvalue weighted by Crippen LogP contribution is -2.24. The minimum absolute atomic E-state index is 0.229. The van der Waals surface area contributed by atoms with E-state index >= 15 is 0 Å². The molecule has 0 spiro atoms. The molecule has 1 nitrogen and oxygen atoms in total. The molecular weight excluding hydrogens is 314 g/mol. The first-order valence-electron chi connectivity index (χ1n) is 6.32. The van der Waals surface area contributed by atoms with Crippen molar-refractivity contribution in [3.63, 3.8) is 0 Å². The Morgan fingerprint density at radius 2 is 2.12 bits per heavy atom. The fourth-order valence-corrected chi connectivity index (χ4v) is 5.68. The third kappa shape index (κ3) is 3.98. The van der Waals surface area contributed by atoms with E-state index in [2.05, 4.69) is 46.1 Å². The number of hydrogen-bond acceptors (Lipinski definition) is 3. The first-order chi connectivity index (χ1) is 8.16. The Morgan fingerprint density at radius 1 is 1.41 bits per heavy atom. The molecule has 0 radical (unpaired) electrons. The van der Waals surface area contributed by atoms with Crippen molar-refractivity contribution < 1.29 is 0 Å². The highest BCUT2D eigenvalue weighted by Gasteiger charge is 2.24. The van der Waals surface area contributed by atoms with Crippen LogP contribution < -0.4 is 5.73 Å². The van der Waals surface area contributed by atoms with Crippen molar-refractivity contribution in [2.45, 2.75) is 55.6 Å². The summed E-state index contributed by atoms with van der Waals surface area (Å²) in [4.78, 5) is 1.42. The fourth-order valence-electron chi connectivity index (χ4n) is 2.34. The quantitative estimate of drug-likeness (QED) is 0.842. The van der Waals surface area contributed by atoms with Crippen LogP contribution in [0, 0.1) is 0 Å². The van der Waals surface area contributed by atoms with E-state index in [1.54, 1.807) is 0 Å². The highest BCUT2D eigenvalue weighted by atomic mass is 79.9. The maximum atomic E-state index is 6.17. The first-order valence-corrected chi connectivity index (χ1v) is 8.93. The standard InChI is InChI=1S/C13H20BrNS2/c1-9(15)13(12-7-10(14)8-16-12)17-11-5-3-2-4-6-11/h7-9,11,13H,2-6,15H2,1H3. The molecule has 0 bridgehead atoms. The van der Waals surface area contributed by atoms with E-state index in [0.29, 0.717) is 5.25 Å². The summed E-state index contributed by atoms with van der Waals surface area (Å²) in [6, 6.07) is 2.46. The highest BCUT2D eigenvalue weighted by Crippen LogP contribution is 2.42. The van der Waals surface area contributed by atoms with E-state index in [-0.39, 0.29) is 6.04 Å². The van der Waals surface area contributed by atoms with Crippen LogP contribution in [-0.2, 0) is 0 Å². The van der Waals surface area contributed by atoms with Crippen LogP contribution in [0.4, 0.5) is 0 Å². The van der Waals surface area contributed by atoms with Crippen molar-refractivity contribution >= 4 is 39.0 Å². The van der Waals surface area contributed by atoms with Crippen LogP contribution in [-0.4, -0.2) is 11.3 Å². The van der Waals surface area contributed by atoms with Crippen molar-refractivity contribution in [1.82, 2.24) is 0 Å². The van der Waals surface area contributed by atoms with Crippen LogP contribution in [0.15, 0.2) is 15.9 Å². The molecule has 0 saturated heterocycles. The zero-order chi connectivity index (χ0) is 12.3. The fraction of sp³-hybridized carbons (Fsp3) is 0.692. The Hall–Kier alpha value is 0.490. The molecule has 1 aliphatic rings. The van der Waals surface area contributed by atoms with E-state index in [9.17, 15) is 0 Å². The molecule has 0 aliphatic heterocycles. The Balaban J connectivity index is 2.01. The maximum absolute atomic E-state index is 6.17. The van der Waals surface area contributed by atoms with Crippen LogP contribution in [0.1, 0.15) is 49.2 Å². The van der Waals surface area contributed by atoms with Gasteiger partial charge in [0, 0.05) is 26.0 Å². The van der Waals surface area contributed by atoms with Gasteiger partial charge in [-0.15, -0.1) is 23.1 Å². The molecule has 4 heteroatoms. The number of thioether (sulfide) groups is 1. The first kappa shape index (κ1) is 13.9. The van der Waals surface area contributed by atoms with Crippen molar-refractivity contribution in [3.8, 4) is 0 Å². The molecule has 1 saturated carbocycles. The monoisotopic (exact) mass is 333 g/mol. The number of nitrogens with two attached hydrogens (primary N) is 1. The Labute approximate surface area is 121 Å². The Bertz CT molecular complexity index is 345. The van der Waals surface area contributed by atoms with Gasteiger partial charge in [-0.05, 0) is 41.8 Å². The van der Waals surface area contributed by atoms with E-state index in [1.807, 2.05) is 11.3 Å². The van der Waals surface area contributed by atoms with Gasteiger partial charge in [-0.2, -0.15) is 0 Å². The molecule has 2 unspecified atom stereocenters. The molecule has 2 atom stereocenters. The number of hydrogen-bond donors (Lipinski definition) is 1. The Morgan fingerprint density at radius 3 is 2.65 bits per heavy atom. The topological polar surface area (TPSA) is 26.0 Å². The molecule has 96 valence electrons. The summed E-state index contributed by atoms with van der Waals surface area (Å²) in [6.45, 7) is 2.13. The molecule has 1 aromatic heterocycles. The van der Waals surface area contributed by atoms with Gasteiger partial charge in [0.15, 0.2) is 0 Å². The highest BCUT2D eigenvalue weighted by molar-refractivity contribution is 9.10. The van der Waals surface area contributed by atoms with Gasteiger partial charge >= 0.3 is 0 Å². The second-order valence-electron chi connectivity index (χ2n) is 4.84. The lowest BCUT2D eigenvalue weighted by atomic mass is 10.0. The van der Waals surface area contributed by atoms with Crippen LogP contribution in [0.3, 0.4) is 0 Å². The summed E-state index contributed by atoms with van der Waals surface area (Å²) in [7, 11) is 0. The van der Waals surface area contributed by atoms with Gasteiger partial charge in [-0.1, -0.05) is 19.3 Å². The Kier molecular flexibility index (Phi) is 5.40. The molecule has 2 rings (SSSR count). The second kappa shape index (κ2) is 6.60. The normalized spacial score (nSPS) is 21.4. The minimum atomic E-state index is 0.229. The van der Waals surface area contributed by atoms with Crippen molar-refractivity contribution in [3.05, 3.63) is 20.8 Å². The van der Waals surface area contributed by atoms with E-state index in [0.717, 1.165) is 5.25 Å². The van der Waals surface area contributed by atoms with Crippen molar-refractivity contribution in [2.75, 3.05) is 0 Å². The lowest BCUT2D eigenvalue weighted by Gasteiger charge is -2.27. The van der Waals surface area contributed by atoms with Crippen LogP contribution in [0.25, 0.3) is 0 Å².